The molecule has 20 heavy (non-hydrogen) atoms. The molecule has 1 aromatic rings. The third-order valence-electron chi connectivity index (χ3n) is 2.75. The number of anilines is 1. The fourth-order valence-electron chi connectivity index (χ4n) is 1.93. The van der Waals surface area contributed by atoms with Crippen molar-refractivity contribution in [3.63, 3.8) is 0 Å². The summed E-state index contributed by atoms with van der Waals surface area (Å²) in [6.07, 6.45) is 0. The Labute approximate surface area is 140 Å². The summed E-state index contributed by atoms with van der Waals surface area (Å²) in [4.78, 5) is 1.92. The smallest absolute Gasteiger partial charge is 0.0361 e. The summed E-state index contributed by atoms with van der Waals surface area (Å²) in [7, 11) is 0. The largest absolute Gasteiger partial charge is 0.420 e. The predicted molar refractivity (Wildman–Crippen MR) is 76.7 cm³/mol. The quantitative estimate of drug-likeness (QED) is 0.420. The van der Waals surface area contributed by atoms with Gasteiger partial charge in [-0.25, -0.2) is 8.78 Å². The van der Waals surface area contributed by atoms with Gasteiger partial charge in [0.25, 0.3) is 0 Å². The van der Waals surface area contributed by atoms with E-state index in [1.54, 1.807) is 0 Å². The number of hydrogen-bond donors (Lipinski definition) is 0. The third kappa shape index (κ3) is 6.11. The van der Waals surface area contributed by atoms with Gasteiger partial charge < -0.3 is 4.90 Å². The molecule has 0 unspecified atom stereocenters. The Morgan fingerprint density at radius 2 is 1.90 bits per heavy atom. The van der Waals surface area contributed by atoms with Gasteiger partial charge in [-0.2, -0.15) is 0 Å². The van der Waals surface area contributed by atoms with E-state index in [4.69, 9.17) is 11.6 Å². The second-order valence-electron chi connectivity index (χ2n) is 6.08. The first kappa shape index (κ1) is 19.9. The molecule has 5 heteroatoms. The van der Waals surface area contributed by atoms with E-state index < -0.39 is 11.6 Å². The molecule has 112 valence electrons. The van der Waals surface area contributed by atoms with Gasteiger partial charge in [0, 0.05) is 52.3 Å². The second kappa shape index (κ2) is 8.36. The number of halogens is 3. The molecule has 0 saturated heterocycles. The minimum Gasteiger partial charge on any atom is -0.420 e. The molecule has 0 aliphatic rings. The molecule has 0 heterocycles. The van der Waals surface area contributed by atoms with Crippen LogP contribution in [-0.2, 0) is 21.7 Å². The Morgan fingerprint density at radius 1 is 1.30 bits per heavy atom. The van der Waals surface area contributed by atoms with Gasteiger partial charge in [0.15, 0.2) is 0 Å². The van der Waals surface area contributed by atoms with Gasteiger partial charge in [-0.3, -0.25) is 0 Å². The van der Waals surface area contributed by atoms with Crippen LogP contribution in [-0.4, -0.2) is 19.0 Å². The normalized spacial score (nSPS) is 11.4. The summed E-state index contributed by atoms with van der Waals surface area (Å²) in [5.74, 6) is -0.474. The average Bonchev–Trinajstić information content (AvgIpc) is 2.27. The zero-order valence-corrected chi connectivity index (χ0v) is 14.8. The summed E-state index contributed by atoms with van der Waals surface area (Å²) in [5, 5.41) is 0. The molecule has 0 atom stereocenters. The average molecular weight is 337 g/mol. The summed E-state index contributed by atoms with van der Waals surface area (Å²) in [6, 6.07) is 4.79. The van der Waals surface area contributed by atoms with Crippen LogP contribution in [0.15, 0.2) is 12.1 Å². The summed E-state index contributed by atoms with van der Waals surface area (Å²) in [6.45, 7) is 9.48. The first-order valence-electron chi connectivity index (χ1n) is 6.43. The Hall–Kier alpha value is -0.116. The van der Waals surface area contributed by atoms with E-state index in [-0.39, 0.29) is 27.1 Å². The Bertz CT molecular complexity index is 424. The molecule has 1 aromatic carbocycles. The number of alkyl halides is 1. The number of hydrogen-bond acceptors (Lipinski definition) is 1. The molecule has 0 saturated carbocycles. The van der Waals surface area contributed by atoms with E-state index in [0.717, 1.165) is 0 Å². The van der Waals surface area contributed by atoms with Crippen molar-refractivity contribution in [2.45, 2.75) is 27.7 Å². The molecule has 1 rings (SSSR count). The standard InChI is InChI=1S/C15H21ClF2N.Ti/c1-11(2)8-19(10-15(3,4)9-16)14-6-5-12(17)7-13(14)18;/h5-6,11H,8-10H2,1-4H3;/q-1;. The molecule has 0 N–H and O–H groups in total. The number of nitrogens with zero attached hydrogens (tertiary/aromatic N) is 1. The van der Waals surface area contributed by atoms with Gasteiger partial charge in [0.2, 0.25) is 0 Å². The van der Waals surface area contributed by atoms with Gasteiger partial charge in [-0.05, 0) is 17.0 Å². The molecule has 0 aromatic heterocycles. The van der Waals surface area contributed by atoms with Crippen molar-refractivity contribution in [3.05, 3.63) is 29.8 Å². The number of rotatable bonds is 6. The van der Waals surface area contributed by atoms with Crippen LogP contribution in [0.3, 0.4) is 0 Å². The van der Waals surface area contributed by atoms with E-state index in [9.17, 15) is 8.78 Å². The predicted octanol–water partition coefficient (Wildman–Crippen LogP) is 4.49. The van der Waals surface area contributed by atoms with E-state index in [1.165, 1.54) is 12.1 Å². The van der Waals surface area contributed by atoms with E-state index in [0.29, 0.717) is 30.6 Å². The second-order valence-corrected chi connectivity index (χ2v) is 6.34. The fraction of sp³-hybridized carbons (Fsp3) is 0.600. The molecule has 0 aliphatic heterocycles. The minimum absolute atomic E-state index is 0. The maximum atomic E-state index is 13.9. The van der Waals surface area contributed by atoms with Crippen LogP contribution in [0, 0.1) is 29.0 Å². The molecule has 0 radical (unpaired) electrons. The van der Waals surface area contributed by atoms with Crippen molar-refractivity contribution in [1.82, 2.24) is 0 Å². The minimum atomic E-state index is -0.678. The summed E-state index contributed by atoms with van der Waals surface area (Å²) < 4.78 is 26.8. The molecule has 0 aliphatic carbocycles. The maximum absolute atomic E-state index is 13.9. The van der Waals surface area contributed by atoms with Gasteiger partial charge >= 0.3 is 0 Å². The molecular formula is C15H21ClF2NTi-. The fourth-order valence-corrected chi connectivity index (χ4v) is 2.01. The Balaban J connectivity index is 0.00000361. The Kier molecular flexibility index (Phi) is 8.31. The van der Waals surface area contributed by atoms with Crippen LogP contribution in [0.5, 0.6) is 0 Å². The summed E-state index contributed by atoms with van der Waals surface area (Å²) >= 11 is 5.94. The van der Waals surface area contributed by atoms with Crippen molar-refractivity contribution in [2.75, 3.05) is 23.9 Å². The molecule has 0 spiro atoms. The van der Waals surface area contributed by atoms with Crippen LogP contribution >= 0.6 is 11.6 Å². The van der Waals surface area contributed by atoms with Crippen LogP contribution in [0.2, 0.25) is 0 Å². The van der Waals surface area contributed by atoms with Crippen molar-refractivity contribution in [1.29, 1.82) is 0 Å². The summed E-state index contributed by atoms with van der Waals surface area (Å²) in [5.41, 5.74) is 0.241. The molecule has 0 amide bonds. The SMILES string of the molecule is CC(C)CN(CC(C)(C)CCl)c1ccc(F)[c-]c1F.[Ti]. The maximum Gasteiger partial charge on any atom is 0.0361 e. The third-order valence-corrected chi connectivity index (χ3v) is 3.47. The van der Waals surface area contributed by atoms with Crippen molar-refractivity contribution in [2.24, 2.45) is 11.3 Å². The zero-order valence-electron chi connectivity index (χ0n) is 12.4. The van der Waals surface area contributed by atoms with Crippen LogP contribution < -0.4 is 4.90 Å². The number of benzene rings is 1. The topological polar surface area (TPSA) is 3.24 Å². The molecular weight excluding hydrogens is 315 g/mol. The molecule has 1 nitrogen and oxygen atoms in total. The Morgan fingerprint density at radius 3 is 2.35 bits per heavy atom. The zero-order chi connectivity index (χ0) is 14.6. The first-order valence-corrected chi connectivity index (χ1v) is 6.97. The molecule has 0 fully saturated rings. The van der Waals surface area contributed by atoms with Gasteiger partial charge in [-0.1, -0.05) is 27.7 Å². The van der Waals surface area contributed by atoms with Crippen molar-refractivity contribution >= 4 is 17.3 Å². The van der Waals surface area contributed by atoms with Crippen LogP contribution in [0.25, 0.3) is 0 Å². The van der Waals surface area contributed by atoms with E-state index >= 15 is 0 Å². The van der Waals surface area contributed by atoms with Gasteiger partial charge in [0.1, 0.15) is 0 Å². The van der Waals surface area contributed by atoms with Gasteiger partial charge in [0.05, 0.1) is 0 Å². The van der Waals surface area contributed by atoms with Crippen LogP contribution in [0.4, 0.5) is 14.5 Å². The van der Waals surface area contributed by atoms with Crippen molar-refractivity contribution < 1.29 is 30.5 Å². The first-order chi connectivity index (χ1) is 8.75. The van der Waals surface area contributed by atoms with E-state index in [2.05, 4.69) is 19.9 Å². The molecule has 0 bridgehead atoms. The monoisotopic (exact) mass is 336 g/mol. The van der Waals surface area contributed by atoms with Crippen LogP contribution in [0.1, 0.15) is 27.7 Å². The van der Waals surface area contributed by atoms with E-state index in [1.807, 2.05) is 18.7 Å². The van der Waals surface area contributed by atoms with Crippen molar-refractivity contribution in [3.8, 4) is 0 Å². The van der Waals surface area contributed by atoms with Gasteiger partial charge in [-0.15, -0.1) is 29.8 Å².